The van der Waals surface area contributed by atoms with Gasteiger partial charge in [0.2, 0.25) is 5.82 Å². The molecule has 0 spiro atoms. The third-order valence-electron chi connectivity index (χ3n) is 3.03. The molecule has 112 valence electrons. The number of nitro benzene ring substituents is 1. The van der Waals surface area contributed by atoms with E-state index in [1.54, 1.807) is 6.92 Å². The van der Waals surface area contributed by atoms with E-state index in [9.17, 15) is 23.7 Å². The van der Waals surface area contributed by atoms with E-state index in [2.05, 4.69) is 5.10 Å². The van der Waals surface area contributed by atoms with Crippen molar-refractivity contribution in [2.75, 3.05) is 0 Å². The Bertz CT molecular complexity index is 751. The minimum Gasteiger partial charge on any atom is -0.270 e. The van der Waals surface area contributed by atoms with Crippen LogP contribution in [0.5, 0.6) is 0 Å². The topological polar surface area (TPSA) is 83.0 Å². The molecule has 0 N–H and O–H groups in total. The quantitative estimate of drug-likeness (QED) is 0.636. The van der Waals surface area contributed by atoms with E-state index in [1.807, 2.05) is 0 Å². The zero-order chi connectivity index (χ0) is 15.7. The molecular weight excluding hydrogens is 286 g/mol. The van der Waals surface area contributed by atoms with Gasteiger partial charge in [0.05, 0.1) is 11.5 Å². The average molecular weight is 298 g/mol. The van der Waals surface area contributed by atoms with Gasteiger partial charge in [-0.05, 0) is 18.6 Å². The SMILES string of the molecule is Cc1cc(Cn2c(C(F)F)nn(C)c2=O)ccc1[N+](=O)[O-]. The van der Waals surface area contributed by atoms with Crippen LogP contribution in [0.1, 0.15) is 23.4 Å². The number of hydrogen-bond acceptors (Lipinski definition) is 4. The lowest BCUT2D eigenvalue weighted by Crippen LogP contribution is -2.24. The largest absolute Gasteiger partial charge is 0.346 e. The second-order valence-electron chi connectivity index (χ2n) is 4.53. The van der Waals surface area contributed by atoms with Crippen LogP contribution in [0.2, 0.25) is 0 Å². The van der Waals surface area contributed by atoms with Crippen LogP contribution in [0.3, 0.4) is 0 Å². The fraction of sp³-hybridized carbons (Fsp3) is 0.333. The Morgan fingerprint density at radius 1 is 1.43 bits per heavy atom. The van der Waals surface area contributed by atoms with Crippen molar-refractivity contribution in [3.8, 4) is 0 Å². The second kappa shape index (κ2) is 5.43. The van der Waals surface area contributed by atoms with Crippen molar-refractivity contribution in [3.05, 3.63) is 55.7 Å². The first-order chi connectivity index (χ1) is 9.81. The lowest BCUT2D eigenvalue weighted by atomic mass is 10.1. The van der Waals surface area contributed by atoms with Gasteiger partial charge in [-0.2, -0.15) is 0 Å². The second-order valence-corrected chi connectivity index (χ2v) is 4.53. The Morgan fingerprint density at radius 3 is 2.62 bits per heavy atom. The highest BCUT2D eigenvalue weighted by atomic mass is 19.3. The smallest absolute Gasteiger partial charge is 0.270 e. The van der Waals surface area contributed by atoms with Gasteiger partial charge in [0.15, 0.2) is 0 Å². The molecule has 0 bridgehead atoms. The fourth-order valence-corrected chi connectivity index (χ4v) is 2.04. The number of benzene rings is 1. The predicted molar refractivity (Wildman–Crippen MR) is 69.4 cm³/mol. The molecule has 2 aromatic rings. The molecule has 1 aromatic carbocycles. The summed E-state index contributed by atoms with van der Waals surface area (Å²) in [5, 5.41) is 14.2. The molecule has 1 aromatic heterocycles. The molecule has 0 saturated heterocycles. The third kappa shape index (κ3) is 2.81. The van der Waals surface area contributed by atoms with Crippen molar-refractivity contribution in [2.45, 2.75) is 19.9 Å². The number of halogens is 2. The molecule has 1 heterocycles. The van der Waals surface area contributed by atoms with E-state index >= 15 is 0 Å². The highest BCUT2D eigenvalue weighted by Gasteiger charge is 2.20. The molecule has 21 heavy (non-hydrogen) atoms. The Labute approximate surface area is 117 Å². The molecule has 0 unspecified atom stereocenters. The molecule has 2 rings (SSSR count). The summed E-state index contributed by atoms with van der Waals surface area (Å²) in [6.45, 7) is 1.42. The monoisotopic (exact) mass is 298 g/mol. The highest BCUT2D eigenvalue weighted by Crippen LogP contribution is 2.20. The van der Waals surface area contributed by atoms with Gasteiger partial charge < -0.3 is 0 Å². The number of hydrogen-bond donors (Lipinski definition) is 0. The maximum absolute atomic E-state index is 12.8. The van der Waals surface area contributed by atoms with E-state index < -0.39 is 22.9 Å². The van der Waals surface area contributed by atoms with Gasteiger partial charge in [-0.1, -0.05) is 6.07 Å². The number of aromatic nitrogens is 3. The van der Waals surface area contributed by atoms with Crippen LogP contribution in [0.25, 0.3) is 0 Å². The molecule has 9 heteroatoms. The van der Waals surface area contributed by atoms with E-state index in [-0.39, 0.29) is 12.2 Å². The van der Waals surface area contributed by atoms with E-state index in [0.29, 0.717) is 11.1 Å². The maximum atomic E-state index is 12.8. The van der Waals surface area contributed by atoms with Crippen LogP contribution in [-0.4, -0.2) is 19.3 Å². The van der Waals surface area contributed by atoms with E-state index in [1.165, 1.54) is 25.2 Å². The summed E-state index contributed by atoms with van der Waals surface area (Å²) in [6.07, 6.45) is -2.88. The molecular formula is C12H12F2N4O3. The van der Waals surface area contributed by atoms with Crippen LogP contribution < -0.4 is 5.69 Å². The standard InChI is InChI=1S/C12H12F2N4O3/c1-7-5-8(3-4-9(7)18(20)21)6-17-11(10(13)14)15-16(2)12(17)19/h3-5,10H,6H2,1-2H3. The first-order valence-electron chi connectivity index (χ1n) is 5.97. The summed E-state index contributed by atoms with van der Waals surface area (Å²) >= 11 is 0. The Balaban J connectivity index is 2.41. The Morgan fingerprint density at radius 2 is 2.10 bits per heavy atom. The highest BCUT2D eigenvalue weighted by molar-refractivity contribution is 5.41. The normalized spacial score (nSPS) is 11.1. The van der Waals surface area contributed by atoms with Crippen LogP contribution in [-0.2, 0) is 13.6 Å². The first kappa shape index (κ1) is 14.8. The van der Waals surface area contributed by atoms with Crippen LogP contribution in [0, 0.1) is 17.0 Å². The minimum atomic E-state index is -2.88. The molecule has 7 nitrogen and oxygen atoms in total. The zero-order valence-corrected chi connectivity index (χ0v) is 11.3. The molecule has 0 fully saturated rings. The molecule has 0 amide bonds. The zero-order valence-electron chi connectivity index (χ0n) is 11.3. The first-order valence-corrected chi connectivity index (χ1v) is 5.97. The summed E-state index contributed by atoms with van der Waals surface area (Å²) in [5.41, 5.74) is 0.177. The van der Waals surface area contributed by atoms with Crippen LogP contribution in [0.15, 0.2) is 23.0 Å². The number of nitrogens with zero attached hydrogens (tertiary/aromatic N) is 4. The Hall–Kier alpha value is -2.58. The average Bonchev–Trinajstić information content (AvgIpc) is 2.67. The van der Waals surface area contributed by atoms with Crippen LogP contribution >= 0.6 is 0 Å². The fourth-order valence-electron chi connectivity index (χ4n) is 2.04. The summed E-state index contributed by atoms with van der Waals surface area (Å²) in [5.74, 6) is -0.626. The van der Waals surface area contributed by atoms with Gasteiger partial charge >= 0.3 is 5.69 Å². The number of aryl methyl sites for hydroxylation is 2. The van der Waals surface area contributed by atoms with Crippen molar-refractivity contribution >= 4 is 5.69 Å². The van der Waals surface area contributed by atoms with Gasteiger partial charge in [-0.25, -0.2) is 18.3 Å². The lowest BCUT2D eigenvalue weighted by molar-refractivity contribution is -0.385. The molecule has 0 atom stereocenters. The Kier molecular flexibility index (Phi) is 3.83. The van der Waals surface area contributed by atoms with Gasteiger partial charge in [0.1, 0.15) is 0 Å². The lowest BCUT2D eigenvalue weighted by Gasteiger charge is -2.06. The van der Waals surface area contributed by atoms with Gasteiger partial charge in [-0.3, -0.25) is 14.7 Å². The van der Waals surface area contributed by atoms with Crippen molar-refractivity contribution in [3.63, 3.8) is 0 Å². The third-order valence-corrected chi connectivity index (χ3v) is 3.03. The predicted octanol–water partition coefficient (Wildman–Crippen LogP) is 1.78. The minimum absolute atomic E-state index is 0.0635. The van der Waals surface area contributed by atoms with Crippen molar-refractivity contribution in [1.29, 1.82) is 0 Å². The molecule has 0 aliphatic heterocycles. The van der Waals surface area contributed by atoms with Gasteiger partial charge in [0.25, 0.3) is 12.1 Å². The summed E-state index contributed by atoms with van der Waals surface area (Å²) < 4.78 is 27.4. The van der Waals surface area contributed by atoms with E-state index in [0.717, 1.165) is 9.25 Å². The van der Waals surface area contributed by atoms with Gasteiger partial charge in [0, 0.05) is 18.7 Å². The van der Waals surface area contributed by atoms with Crippen molar-refractivity contribution < 1.29 is 13.7 Å². The number of nitro groups is 1. The molecule has 0 aliphatic rings. The van der Waals surface area contributed by atoms with Crippen LogP contribution in [0.4, 0.5) is 14.5 Å². The molecule has 0 radical (unpaired) electrons. The molecule has 0 aliphatic carbocycles. The van der Waals surface area contributed by atoms with Crippen molar-refractivity contribution in [2.24, 2.45) is 7.05 Å². The molecule has 0 saturated carbocycles. The van der Waals surface area contributed by atoms with E-state index in [4.69, 9.17) is 0 Å². The summed E-state index contributed by atoms with van der Waals surface area (Å²) in [4.78, 5) is 22.0. The maximum Gasteiger partial charge on any atom is 0.346 e. The number of alkyl halides is 2. The van der Waals surface area contributed by atoms with Gasteiger partial charge in [-0.15, -0.1) is 5.10 Å². The summed E-state index contributed by atoms with van der Waals surface area (Å²) in [7, 11) is 1.28. The number of rotatable bonds is 4. The summed E-state index contributed by atoms with van der Waals surface area (Å²) in [6, 6.07) is 4.21. The van der Waals surface area contributed by atoms with Crippen molar-refractivity contribution in [1.82, 2.24) is 14.3 Å².